The highest BCUT2D eigenvalue weighted by molar-refractivity contribution is 9.10. The Kier molecular flexibility index (Phi) is 4.74. The van der Waals surface area contributed by atoms with Gasteiger partial charge in [0.1, 0.15) is 16.4 Å². The number of ether oxygens (including phenoxy) is 2. The summed E-state index contributed by atoms with van der Waals surface area (Å²) >= 11 is 3.26. The van der Waals surface area contributed by atoms with Crippen molar-refractivity contribution in [3.8, 4) is 11.5 Å². The van der Waals surface area contributed by atoms with Gasteiger partial charge in [-0.25, -0.2) is 8.42 Å². The second-order valence-electron chi connectivity index (χ2n) is 4.13. The monoisotopic (exact) mass is 371 g/mol. The minimum absolute atomic E-state index is 0.0650. The third-order valence-corrected chi connectivity index (χ3v) is 4.65. The van der Waals surface area contributed by atoms with Gasteiger partial charge in [0.2, 0.25) is 0 Å². The summed E-state index contributed by atoms with van der Waals surface area (Å²) in [5.41, 5.74) is 0.442. The second-order valence-corrected chi connectivity index (χ2v) is 6.70. The topological polar surface area (TPSA) is 64.6 Å². The van der Waals surface area contributed by atoms with Gasteiger partial charge in [-0.2, -0.15) is 0 Å². The van der Waals surface area contributed by atoms with Crippen LogP contribution in [0.5, 0.6) is 11.5 Å². The number of methoxy groups -OCH3 is 2. The van der Waals surface area contributed by atoms with Crippen LogP contribution in [-0.4, -0.2) is 22.6 Å². The molecular formula is C14H14BrNO4S. The molecule has 0 aliphatic rings. The molecule has 2 aromatic rings. The lowest BCUT2D eigenvalue weighted by Gasteiger charge is -2.12. The Balaban J connectivity index is 2.35. The Morgan fingerprint density at radius 2 is 1.67 bits per heavy atom. The van der Waals surface area contributed by atoms with Gasteiger partial charge in [-0.1, -0.05) is 15.9 Å². The summed E-state index contributed by atoms with van der Waals surface area (Å²) in [6, 6.07) is 11.4. The van der Waals surface area contributed by atoms with Gasteiger partial charge in [0, 0.05) is 10.2 Å². The minimum atomic E-state index is -3.74. The number of nitrogens with one attached hydrogen (secondary N) is 1. The van der Waals surface area contributed by atoms with Crippen molar-refractivity contribution in [3.05, 3.63) is 46.9 Å². The molecule has 0 fully saturated rings. The fraction of sp³-hybridized carbons (Fsp3) is 0.143. The van der Waals surface area contributed by atoms with Crippen molar-refractivity contribution in [2.24, 2.45) is 0 Å². The Morgan fingerprint density at radius 3 is 2.24 bits per heavy atom. The van der Waals surface area contributed by atoms with Crippen LogP contribution in [0.3, 0.4) is 0 Å². The molecule has 0 heterocycles. The van der Waals surface area contributed by atoms with Crippen molar-refractivity contribution < 1.29 is 17.9 Å². The zero-order chi connectivity index (χ0) is 15.5. The third kappa shape index (κ3) is 3.68. The molecule has 0 spiro atoms. The summed E-state index contributed by atoms with van der Waals surface area (Å²) in [6.45, 7) is 0. The SMILES string of the molecule is COc1ccc(NS(=O)(=O)c2cc(Br)ccc2OC)cc1. The van der Waals surface area contributed by atoms with Crippen molar-refractivity contribution in [2.75, 3.05) is 18.9 Å². The van der Waals surface area contributed by atoms with Crippen LogP contribution in [0.2, 0.25) is 0 Å². The van der Waals surface area contributed by atoms with Crippen LogP contribution < -0.4 is 14.2 Å². The van der Waals surface area contributed by atoms with Crippen LogP contribution in [0.25, 0.3) is 0 Å². The fourth-order valence-corrected chi connectivity index (χ4v) is 3.50. The van der Waals surface area contributed by atoms with Gasteiger partial charge in [0.25, 0.3) is 10.0 Å². The third-order valence-electron chi connectivity index (χ3n) is 2.76. The predicted octanol–water partition coefficient (Wildman–Crippen LogP) is 3.27. The maximum atomic E-state index is 12.4. The van der Waals surface area contributed by atoms with Crippen LogP contribution in [0.15, 0.2) is 51.8 Å². The van der Waals surface area contributed by atoms with Crippen molar-refractivity contribution in [3.63, 3.8) is 0 Å². The zero-order valence-electron chi connectivity index (χ0n) is 11.5. The molecule has 0 saturated heterocycles. The Morgan fingerprint density at radius 1 is 1.00 bits per heavy atom. The van der Waals surface area contributed by atoms with Gasteiger partial charge >= 0.3 is 0 Å². The first-order chi connectivity index (χ1) is 9.96. The van der Waals surface area contributed by atoms with E-state index in [2.05, 4.69) is 20.7 Å². The average Bonchev–Trinajstić information content (AvgIpc) is 2.47. The molecule has 5 nitrogen and oxygen atoms in total. The molecule has 21 heavy (non-hydrogen) atoms. The molecule has 112 valence electrons. The molecule has 2 aromatic carbocycles. The number of benzene rings is 2. The molecular weight excluding hydrogens is 358 g/mol. The van der Waals surface area contributed by atoms with E-state index in [1.807, 2.05) is 0 Å². The van der Waals surface area contributed by atoms with E-state index in [0.717, 1.165) is 0 Å². The maximum Gasteiger partial charge on any atom is 0.265 e. The van der Waals surface area contributed by atoms with E-state index < -0.39 is 10.0 Å². The molecule has 0 radical (unpaired) electrons. The lowest BCUT2D eigenvalue weighted by Crippen LogP contribution is -2.14. The molecule has 0 bridgehead atoms. The average molecular weight is 372 g/mol. The molecule has 2 rings (SSSR count). The zero-order valence-corrected chi connectivity index (χ0v) is 13.9. The highest BCUT2D eigenvalue weighted by atomic mass is 79.9. The van der Waals surface area contributed by atoms with Gasteiger partial charge in [0.05, 0.1) is 14.2 Å². The summed E-state index contributed by atoms with van der Waals surface area (Å²) < 4.78 is 38.2. The number of hydrogen-bond acceptors (Lipinski definition) is 4. The Hall–Kier alpha value is -1.73. The highest BCUT2D eigenvalue weighted by Crippen LogP contribution is 2.29. The summed E-state index contributed by atoms with van der Waals surface area (Å²) in [6.07, 6.45) is 0. The number of sulfonamides is 1. The molecule has 0 amide bonds. The van der Waals surface area contributed by atoms with Crippen molar-refractivity contribution in [1.29, 1.82) is 0 Å². The molecule has 0 aliphatic carbocycles. The summed E-state index contributed by atoms with van der Waals surface area (Å²) in [5, 5.41) is 0. The van der Waals surface area contributed by atoms with Gasteiger partial charge < -0.3 is 9.47 Å². The fourth-order valence-electron chi connectivity index (χ4n) is 1.73. The van der Waals surface area contributed by atoms with E-state index >= 15 is 0 Å². The van der Waals surface area contributed by atoms with Crippen LogP contribution in [0.4, 0.5) is 5.69 Å². The van der Waals surface area contributed by atoms with Gasteiger partial charge in [-0.3, -0.25) is 4.72 Å². The highest BCUT2D eigenvalue weighted by Gasteiger charge is 2.20. The van der Waals surface area contributed by atoms with Crippen LogP contribution in [0, 0.1) is 0 Å². The smallest absolute Gasteiger partial charge is 0.265 e. The van der Waals surface area contributed by atoms with Crippen LogP contribution >= 0.6 is 15.9 Å². The standard InChI is InChI=1S/C14H14BrNO4S/c1-19-12-6-4-11(5-7-12)16-21(17,18)14-9-10(15)3-8-13(14)20-2/h3-9,16H,1-2H3. The van der Waals surface area contributed by atoms with E-state index in [1.165, 1.54) is 13.2 Å². The van der Waals surface area contributed by atoms with E-state index in [0.29, 0.717) is 15.9 Å². The maximum absolute atomic E-state index is 12.4. The quantitative estimate of drug-likeness (QED) is 0.875. The number of hydrogen-bond donors (Lipinski definition) is 1. The van der Waals surface area contributed by atoms with E-state index in [9.17, 15) is 8.42 Å². The number of anilines is 1. The van der Waals surface area contributed by atoms with Gasteiger partial charge in [-0.15, -0.1) is 0 Å². The summed E-state index contributed by atoms with van der Waals surface area (Å²) in [4.78, 5) is 0.0650. The molecule has 0 atom stereocenters. The summed E-state index contributed by atoms with van der Waals surface area (Å²) in [5.74, 6) is 0.928. The summed E-state index contributed by atoms with van der Waals surface area (Å²) in [7, 11) is -0.771. The van der Waals surface area contributed by atoms with Crippen molar-refractivity contribution >= 4 is 31.6 Å². The van der Waals surface area contributed by atoms with E-state index in [1.54, 1.807) is 43.5 Å². The normalized spacial score (nSPS) is 11.0. The van der Waals surface area contributed by atoms with Crippen molar-refractivity contribution in [1.82, 2.24) is 0 Å². The molecule has 1 N–H and O–H groups in total. The second kappa shape index (κ2) is 6.36. The van der Waals surface area contributed by atoms with E-state index in [-0.39, 0.29) is 10.6 Å². The number of halogens is 1. The first kappa shape index (κ1) is 15.7. The Bertz CT molecular complexity index is 729. The van der Waals surface area contributed by atoms with Gasteiger partial charge in [0.15, 0.2) is 0 Å². The minimum Gasteiger partial charge on any atom is -0.497 e. The molecule has 7 heteroatoms. The van der Waals surface area contributed by atoms with Crippen LogP contribution in [-0.2, 0) is 10.0 Å². The van der Waals surface area contributed by atoms with Crippen LogP contribution in [0.1, 0.15) is 0 Å². The molecule has 0 saturated carbocycles. The Labute approximate surface area is 132 Å². The largest absolute Gasteiger partial charge is 0.497 e. The lowest BCUT2D eigenvalue weighted by atomic mass is 10.3. The molecule has 0 unspecified atom stereocenters. The number of rotatable bonds is 5. The predicted molar refractivity (Wildman–Crippen MR) is 84.5 cm³/mol. The van der Waals surface area contributed by atoms with Gasteiger partial charge in [-0.05, 0) is 42.5 Å². The lowest BCUT2D eigenvalue weighted by molar-refractivity contribution is 0.403. The molecule has 0 aromatic heterocycles. The first-order valence-electron chi connectivity index (χ1n) is 5.96. The van der Waals surface area contributed by atoms with E-state index in [4.69, 9.17) is 9.47 Å². The molecule has 0 aliphatic heterocycles. The van der Waals surface area contributed by atoms with Crippen molar-refractivity contribution in [2.45, 2.75) is 4.90 Å². The first-order valence-corrected chi connectivity index (χ1v) is 8.24.